The number of nitrogens with zero attached hydrogens (tertiary/aromatic N) is 2. The molecule has 110 valence electrons. The Labute approximate surface area is 121 Å². The number of ether oxygens (including phenoxy) is 2. The van der Waals surface area contributed by atoms with Gasteiger partial charge in [0.05, 0.1) is 26.1 Å². The molecule has 1 aromatic carbocycles. The van der Waals surface area contributed by atoms with Gasteiger partial charge in [-0.15, -0.1) is 0 Å². The summed E-state index contributed by atoms with van der Waals surface area (Å²) in [6, 6.07) is 5.69. The van der Waals surface area contributed by atoms with Crippen molar-refractivity contribution in [1.82, 2.24) is 14.5 Å². The van der Waals surface area contributed by atoms with Crippen molar-refractivity contribution >= 4 is 21.9 Å². The van der Waals surface area contributed by atoms with Gasteiger partial charge in [0.15, 0.2) is 0 Å². The van der Waals surface area contributed by atoms with Crippen molar-refractivity contribution in [3.8, 4) is 5.75 Å². The number of aromatic amines is 1. The van der Waals surface area contributed by atoms with Gasteiger partial charge < -0.3 is 14.5 Å². The van der Waals surface area contributed by atoms with Crippen LogP contribution >= 0.6 is 0 Å². The summed E-state index contributed by atoms with van der Waals surface area (Å²) in [7, 11) is 1.61. The summed E-state index contributed by atoms with van der Waals surface area (Å²) >= 11 is 0. The molecule has 6 nitrogen and oxygen atoms in total. The molecule has 3 aromatic rings. The Hall–Kier alpha value is -2.34. The van der Waals surface area contributed by atoms with E-state index in [4.69, 9.17) is 9.47 Å². The predicted molar refractivity (Wildman–Crippen MR) is 80.9 cm³/mol. The highest BCUT2D eigenvalue weighted by molar-refractivity contribution is 6.04. The van der Waals surface area contributed by atoms with Crippen molar-refractivity contribution in [2.24, 2.45) is 0 Å². The number of aromatic nitrogens is 3. The molecule has 0 saturated carbocycles. The van der Waals surface area contributed by atoms with E-state index in [-0.39, 0.29) is 5.56 Å². The van der Waals surface area contributed by atoms with Crippen molar-refractivity contribution in [2.45, 2.75) is 13.5 Å². The molecule has 0 unspecified atom stereocenters. The smallest absolute Gasteiger partial charge is 0.277 e. The first kappa shape index (κ1) is 13.6. The second-order valence-electron chi connectivity index (χ2n) is 4.72. The van der Waals surface area contributed by atoms with Gasteiger partial charge in [-0.2, -0.15) is 0 Å². The summed E-state index contributed by atoms with van der Waals surface area (Å²) < 4.78 is 12.0. The zero-order valence-corrected chi connectivity index (χ0v) is 12.0. The van der Waals surface area contributed by atoms with Crippen LogP contribution in [0.4, 0.5) is 0 Å². The van der Waals surface area contributed by atoms with Gasteiger partial charge in [-0.25, -0.2) is 4.98 Å². The molecule has 0 aliphatic heterocycles. The standard InChI is InChI=1S/C15H17N3O3/c1-3-21-10-4-5-12-11(8-10)13-14(17-12)15(19)18(9-16-13)6-7-20-2/h4-5,8-9,17H,3,6-7H2,1-2H3. The molecule has 6 heteroatoms. The average molecular weight is 287 g/mol. The molecule has 0 radical (unpaired) electrons. The van der Waals surface area contributed by atoms with E-state index in [2.05, 4.69) is 9.97 Å². The summed E-state index contributed by atoms with van der Waals surface area (Å²) in [5.74, 6) is 0.774. The zero-order chi connectivity index (χ0) is 14.8. The number of methoxy groups -OCH3 is 1. The number of fused-ring (bicyclic) bond motifs is 3. The molecular weight excluding hydrogens is 270 g/mol. The molecule has 0 spiro atoms. The van der Waals surface area contributed by atoms with Crippen LogP contribution in [-0.2, 0) is 11.3 Å². The lowest BCUT2D eigenvalue weighted by atomic mass is 10.2. The molecular formula is C15H17N3O3. The molecule has 21 heavy (non-hydrogen) atoms. The summed E-state index contributed by atoms with van der Waals surface area (Å²) in [5.41, 5.74) is 1.97. The van der Waals surface area contributed by atoms with Gasteiger partial charge in [-0.3, -0.25) is 9.36 Å². The molecule has 0 aliphatic rings. The Balaban J connectivity index is 2.17. The van der Waals surface area contributed by atoms with Crippen molar-refractivity contribution in [2.75, 3.05) is 20.3 Å². The molecule has 1 N–H and O–H groups in total. The first-order valence-corrected chi connectivity index (χ1v) is 6.87. The number of hydrogen-bond acceptors (Lipinski definition) is 4. The average Bonchev–Trinajstić information content (AvgIpc) is 2.86. The summed E-state index contributed by atoms with van der Waals surface area (Å²) in [6.07, 6.45) is 1.56. The van der Waals surface area contributed by atoms with Crippen LogP contribution in [-0.4, -0.2) is 34.9 Å². The second-order valence-corrected chi connectivity index (χ2v) is 4.72. The second kappa shape index (κ2) is 5.57. The van der Waals surface area contributed by atoms with Crippen LogP contribution in [0, 0.1) is 0 Å². The number of hydrogen-bond donors (Lipinski definition) is 1. The topological polar surface area (TPSA) is 69.1 Å². The number of rotatable bonds is 5. The normalized spacial score (nSPS) is 11.3. The fourth-order valence-corrected chi connectivity index (χ4v) is 2.37. The molecule has 0 aliphatic carbocycles. The Bertz CT molecular complexity index is 835. The number of nitrogens with one attached hydrogen (secondary N) is 1. The fourth-order valence-electron chi connectivity index (χ4n) is 2.37. The summed E-state index contributed by atoms with van der Waals surface area (Å²) in [6.45, 7) is 3.50. The molecule has 0 atom stereocenters. The van der Waals surface area contributed by atoms with E-state index >= 15 is 0 Å². The SMILES string of the molecule is CCOc1ccc2[nH]c3c(=O)n(CCOC)cnc3c2c1. The summed E-state index contributed by atoms with van der Waals surface area (Å²) in [4.78, 5) is 20.0. The Morgan fingerprint density at radius 1 is 1.38 bits per heavy atom. The predicted octanol–water partition coefficient (Wildman–Crippen LogP) is 1.92. The minimum Gasteiger partial charge on any atom is -0.494 e. The third-order valence-electron chi connectivity index (χ3n) is 3.39. The van der Waals surface area contributed by atoms with E-state index in [9.17, 15) is 4.79 Å². The molecule has 0 bridgehead atoms. The number of benzene rings is 1. The monoisotopic (exact) mass is 287 g/mol. The maximum Gasteiger partial charge on any atom is 0.277 e. The molecule has 0 fully saturated rings. The maximum atomic E-state index is 12.4. The van der Waals surface area contributed by atoms with Crippen LogP contribution in [0.15, 0.2) is 29.3 Å². The Morgan fingerprint density at radius 2 is 2.24 bits per heavy atom. The van der Waals surface area contributed by atoms with Crippen LogP contribution in [0.5, 0.6) is 5.75 Å². The maximum absolute atomic E-state index is 12.4. The van der Waals surface area contributed by atoms with Gasteiger partial charge in [0.25, 0.3) is 5.56 Å². The van der Waals surface area contributed by atoms with Crippen molar-refractivity contribution in [3.63, 3.8) is 0 Å². The lowest BCUT2D eigenvalue weighted by Crippen LogP contribution is -2.22. The van der Waals surface area contributed by atoms with E-state index in [0.717, 1.165) is 16.7 Å². The molecule has 0 amide bonds. The van der Waals surface area contributed by atoms with E-state index in [0.29, 0.717) is 30.8 Å². The minimum absolute atomic E-state index is 0.0915. The van der Waals surface area contributed by atoms with Crippen molar-refractivity contribution in [3.05, 3.63) is 34.9 Å². The number of H-pyrrole nitrogens is 1. The van der Waals surface area contributed by atoms with E-state index in [1.807, 2.05) is 25.1 Å². The zero-order valence-electron chi connectivity index (χ0n) is 12.0. The van der Waals surface area contributed by atoms with Gasteiger partial charge in [0.1, 0.15) is 16.8 Å². The highest BCUT2D eigenvalue weighted by Crippen LogP contribution is 2.25. The van der Waals surface area contributed by atoms with E-state index in [1.54, 1.807) is 18.0 Å². The fraction of sp³-hybridized carbons (Fsp3) is 0.333. The van der Waals surface area contributed by atoms with Gasteiger partial charge in [0, 0.05) is 18.0 Å². The quantitative estimate of drug-likeness (QED) is 0.778. The largest absolute Gasteiger partial charge is 0.494 e. The van der Waals surface area contributed by atoms with Crippen LogP contribution in [0.2, 0.25) is 0 Å². The van der Waals surface area contributed by atoms with E-state index < -0.39 is 0 Å². The van der Waals surface area contributed by atoms with Gasteiger partial charge in [-0.1, -0.05) is 0 Å². The van der Waals surface area contributed by atoms with Gasteiger partial charge >= 0.3 is 0 Å². The van der Waals surface area contributed by atoms with Gasteiger partial charge in [0.2, 0.25) is 0 Å². The van der Waals surface area contributed by atoms with Gasteiger partial charge in [-0.05, 0) is 25.1 Å². The minimum atomic E-state index is -0.0915. The van der Waals surface area contributed by atoms with E-state index in [1.165, 1.54) is 0 Å². The Morgan fingerprint density at radius 3 is 3.00 bits per heavy atom. The molecule has 0 saturated heterocycles. The van der Waals surface area contributed by atoms with Crippen molar-refractivity contribution in [1.29, 1.82) is 0 Å². The van der Waals surface area contributed by atoms with Crippen LogP contribution in [0.3, 0.4) is 0 Å². The molecule has 2 aromatic heterocycles. The van der Waals surface area contributed by atoms with Crippen LogP contribution < -0.4 is 10.3 Å². The van der Waals surface area contributed by atoms with Crippen LogP contribution in [0.25, 0.3) is 21.9 Å². The lowest BCUT2D eigenvalue weighted by molar-refractivity contribution is 0.186. The highest BCUT2D eigenvalue weighted by Gasteiger charge is 2.11. The van der Waals surface area contributed by atoms with Crippen molar-refractivity contribution < 1.29 is 9.47 Å². The molecule has 3 rings (SSSR count). The lowest BCUT2D eigenvalue weighted by Gasteiger charge is -2.03. The third-order valence-corrected chi connectivity index (χ3v) is 3.39. The first-order chi connectivity index (χ1) is 10.2. The highest BCUT2D eigenvalue weighted by atomic mass is 16.5. The Kier molecular flexibility index (Phi) is 3.62. The first-order valence-electron chi connectivity index (χ1n) is 6.87. The third kappa shape index (κ3) is 2.38. The van der Waals surface area contributed by atoms with Crippen LogP contribution in [0.1, 0.15) is 6.92 Å². The summed E-state index contributed by atoms with van der Waals surface area (Å²) in [5, 5.41) is 0.895. The molecule has 2 heterocycles.